The van der Waals surface area contributed by atoms with Crippen LogP contribution in [0.5, 0.6) is 51.7 Å². The van der Waals surface area contributed by atoms with E-state index in [4.69, 9.17) is 42.6 Å². The van der Waals surface area contributed by atoms with Crippen molar-refractivity contribution in [2.45, 2.75) is 59.5 Å². The van der Waals surface area contributed by atoms with Gasteiger partial charge in [-0.1, -0.05) is 218 Å². The molecule has 91 heavy (non-hydrogen) atoms. The highest BCUT2D eigenvalue weighted by Crippen LogP contribution is 2.36. The maximum atomic E-state index is 6.53. The van der Waals surface area contributed by atoms with Crippen LogP contribution in [-0.2, 0) is 59.5 Å². The van der Waals surface area contributed by atoms with Crippen LogP contribution in [0.3, 0.4) is 0 Å². The molecule has 10 heteroatoms. The third-order valence-electron chi connectivity index (χ3n) is 14.8. The SMILES string of the molecule is c1ccc(COc2cc(COc3ccc(P(c4ccc(OCc5cc(OCc6ccccc6)cc(OCc6ccccc6)c5)cc4)c4ccc(OCc5cc(OCc6ccccc6)cc(OCc6ccccc6)c5)cc4)cc3)cc(OCc3ccccc3)c2)cc1. The first-order chi connectivity index (χ1) is 45.0. The van der Waals surface area contributed by atoms with E-state index in [0.29, 0.717) is 94.0 Å². The lowest BCUT2D eigenvalue weighted by Gasteiger charge is -2.21. The molecule has 0 aliphatic carbocycles. The van der Waals surface area contributed by atoms with Crippen LogP contribution in [0.1, 0.15) is 50.1 Å². The van der Waals surface area contributed by atoms with Crippen LogP contribution < -0.4 is 58.5 Å². The molecule has 0 amide bonds. The van der Waals surface area contributed by atoms with Crippen molar-refractivity contribution in [2.75, 3.05) is 0 Å². The zero-order valence-electron chi connectivity index (χ0n) is 50.4. The molecule has 0 aromatic heterocycles. The van der Waals surface area contributed by atoms with E-state index in [1.807, 2.05) is 200 Å². The van der Waals surface area contributed by atoms with Gasteiger partial charge in [0.1, 0.15) is 111 Å². The quantitative estimate of drug-likeness (QED) is 0.0409. The van der Waals surface area contributed by atoms with Crippen molar-refractivity contribution in [3.8, 4) is 51.7 Å². The van der Waals surface area contributed by atoms with Gasteiger partial charge in [0, 0.05) is 18.2 Å². The third-order valence-corrected chi connectivity index (χ3v) is 17.3. The van der Waals surface area contributed by atoms with E-state index in [0.717, 1.165) is 83.2 Å². The van der Waals surface area contributed by atoms with Gasteiger partial charge in [0.05, 0.1) is 0 Å². The highest BCUT2D eigenvalue weighted by Gasteiger charge is 2.19. The van der Waals surface area contributed by atoms with Crippen molar-refractivity contribution in [3.05, 3.63) is 359 Å². The average molecular weight is 1220 g/mol. The minimum absolute atomic E-state index is 0.307. The highest BCUT2D eigenvalue weighted by molar-refractivity contribution is 7.79. The maximum Gasteiger partial charge on any atom is 0.123 e. The summed E-state index contributed by atoms with van der Waals surface area (Å²) in [5, 5.41) is 3.43. The Hall–Kier alpha value is -10.7. The molecule has 0 heterocycles. The second kappa shape index (κ2) is 31.4. The molecule has 452 valence electrons. The molecule has 12 aromatic carbocycles. The van der Waals surface area contributed by atoms with Crippen LogP contribution in [0.15, 0.2) is 309 Å². The summed E-state index contributed by atoms with van der Waals surface area (Å²) in [7, 11) is -1.08. The highest BCUT2D eigenvalue weighted by atomic mass is 31.1. The summed E-state index contributed by atoms with van der Waals surface area (Å²) in [6, 6.07) is 104. The molecule has 0 atom stereocenters. The normalized spacial score (nSPS) is 10.9. The molecule has 0 bridgehead atoms. The van der Waals surface area contributed by atoms with Gasteiger partial charge in [0.25, 0.3) is 0 Å². The monoisotopic (exact) mass is 1220 g/mol. The van der Waals surface area contributed by atoms with Gasteiger partial charge >= 0.3 is 0 Å². The summed E-state index contributed by atoms with van der Waals surface area (Å²) in [4.78, 5) is 0. The van der Waals surface area contributed by atoms with Crippen molar-refractivity contribution in [1.29, 1.82) is 0 Å². The summed E-state index contributed by atoms with van der Waals surface area (Å²) in [6.07, 6.45) is 0. The molecular weight excluding hydrogens is 1150 g/mol. The minimum Gasteiger partial charge on any atom is -0.489 e. The fourth-order valence-corrected chi connectivity index (χ4v) is 12.3. The molecule has 12 rings (SSSR count). The van der Waals surface area contributed by atoms with E-state index < -0.39 is 7.92 Å². The Bertz CT molecular complexity index is 3530. The van der Waals surface area contributed by atoms with Crippen molar-refractivity contribution >= 4 is 23.8 Å². The van der Waals surface area contributed by atoms with Gasteiger partial charge in [-0.15, -0.1) is 0 Å². The Balaban J connectivity index is 0.773. The van der Waals surface area contributed by atoms with E-state index in [-0.39, 0.29) is 0 Å². The topological polar surface area (TPSA) is 83.1 Å². The van der Waals surface area contributed by atoms with Crippen LogP contribution >= 0.6 is 7.92 Å². The second-order valence-corrected chi connectivity index (χ2v) is 24.0. The first-order valence-electron chi connectivity index (χ1n) is 30.4. The minimum atomic E-state index is -1.08. The Morgan fingerprint density at radius 1 is 0.154 bits per heavy atom. The Morgan fingerprint density at radius 2 is 0.319 bits per heavy atom. The first kappa shape index (κ1) is 60.6. The largest absolute Gasteiger partial charge is 0.489 e. The zero-order chi connectivity index (χ0) is 61.5. The Kier molecular flexibility index (Phi) is 20.9. The van der Waals surface area contributed by atoms with Crippen LogP contribution in [0, 0.1) is 0 Å². The molecule has 0 spiro atoms. The number of rotatable bonds is 30. The lowest BCUT2D eigenvalue weighted by molar-refractivity contribution is 0.281. The molecule has 0 radical (unpaired) electrons. The average Bonchev–Trinajstić information content (AvgIpc) is 1.63. The van der Waals surface area contributed by atoms with Crippen LogP contribution in [0.2, 0.25) is 0 Å². The Morgan fingerprint density at radius 3 is 0.505 bits per heavy atom. The maximum absolute atomic E-state index is 6.53. The van der Waals surface area contributed by atoms with Gasteiger partial charge < -0.3 is 42.6 Å². The van der Waals surface area contributed by atoms with Crippen molar-refractivity contribution < 1.29 is 42.6 Å². The van der Waals surface area contributed by atoms with Gasteiger partial charge in [-0.05, 0) is 147 Å². The van der Waals surface area contributed by atoms with Crippen LogP contribution in [-0.4, -0.2) is 0 Å². The molecule has 0 aliphatic heterocycles. The molecule has 0 aliphatic rings. The number of ether oxygens (including phenoxy) is 9. The molecule has 0 fully saturated rings. The van der Waals surface area contributed by atoms with Gasteiger partial charge in [-0.2, -0.15) is 0 Å². The van der Waals surface area contributed by atoms with Gasteiger partial charge in [-0.25, -0.2) is 0 Å². The summed E-state index contributed by atoms with van der Waals surface area (Å²) in [5.41, 5.74) is 9.24. The van der Waals surface area contributed by atoms with Crippen molar-refractivity contribution in [1.82, 2.24) is 0 Å². The second-order valence-electron chi connectivity index (χ2n) is 21.8. The molecular formula is C81H69O9P. The summed E-state index contributed by atoms with van der Waals surface area (Å²) in [5.74, 6) is 6.43. The summed E-state index contributed by atoms with van der Waals surface area (Å²) >= 11 is 0. The van der Waals surface area contributed by atoms with Crippen LogP contribution in [0.4, 0.5) is 0 Å². The van der Waals surface area contributed by atoms with E-state index in [1.165, 1.54) is 0 Å². The van der Waals surface area contributed by atoms with Gasteiger partial charge in [-0.3, -0.25) is 0 Å². The summed E-state index contributed by atoms with van der Waals surface area (Å²) < 4.78 is 57.5. The smallest absolute Gasteiger partial charge is 0.123 e. The van der Waals surface area contributed by atoms with E-state index in [2.05, 4.69) is 109 Å². The molecule has 9 nitrogen and oxygen atoms in total. The van der Waals surface area contributed by atoms with E-state index >= 15 is 0 Å². The number of benzene rings is 12. The Labute approximate surface area is 534 Å². The molecule has 0 saturated carbocycles. The molecule has 0 N–H and O–H groups in total. The standard InChI is InChI=1S/C81H69O9P/c1-7-19-61(20-8-1)52-85-73-43-67(44-74(49-73)86-53-62-21-9-2-10-22-62)58-82-70-31-37-79(38-32-70)91(80-39-33-71(34-40-80)83-59-68-45-75(87-54-63-23-11-3-12-24-63)50-76(46-68)88-55-64-25-13-4-14-26-64)81-41-35-72(36-42-81)84-60-69-47-77(89-56-65-27-15-5-16-28-65)51-78(48-69)90-57-66-29-17-6-18-30-66/h1-51H,52-60H2. The van der Waals surface area contributed by atoms with Gasteiger partial charge in [0.2, 0.25) is 0 Å². The number of hydrogen-bond donors (Lipinski definition) is 0. The first-order valence-corrected chi connectivity index (χ1v) is 31.8. The fourth-order valence-electron chi connectivity index (χ4n) is 10.1. The van der Waals surface area contributed by atoms with E-state index in [9.17, 15) is 0 Å². The lowest BCUT2D eigenvalue weighted by atomic mass is 10.2. The predicted octanol–water partition coefficient (Wildman–Crippen LogP) is 17.7. The lowest BCUT2D eigenvalue weighted by Crippen LogP contribution is -2.20. The molecule has 0 unspecified atom stereocenters. The molecule has 12 aromatic rings. The summed E-state index contributed by atoms with van der Waals surface area (Å²) in [6.45, 7) is 3.50. The van der Waals surface area contributed by atoms with Crippen molar-refractivity contribution in [2.24, 2.45) is 0 Å². The molecule has 0 saturated heterocycles. The van der Waals surface area contributed by atoms with E-state index in [1.54, 1.807) is 0 Å². The van der Waals surface area contributed by atoms with Crippen molar-refractivity contribution in [3.63, 3.8) is 0 Å². The number of hydrogen-bond acceptors (Lipinski definition) is 9. The van der Waals surface area contributed by atoms with Crippen LogP contribution in [0.25, 0.3) is 0 Å². The zero-order valence-corrected chi connectivity index (χ0v) is 51.3. The fraction of sp³-hybridized carbons (Fsp3) is 0.111. The predicted molar refractivity (Wildman–Crippen MR) is 362 cm³/mol. The third kappa shape index (κ3) is 18.4. The van der Waals surface area contributed by atoms with Gasteiger partial charge in [0.15, 0.2) is 0 Å².